The first-order chi connectivity index (χ1) is 15.4. The van der Waals surface area contributed by atoms with Crippen LogP contribution in [0.4, 0.5) is 0 Å². The molecule has 0 spiro atoms. The number of phenols is 3. The van der Waals surface area contributed by atoms with E-state index in [0.29, 0.717) is 5.56 Å². The number of rotatable bonds is 3. The lowest BCUT2D eigenvalue weighted by atomic mass is 10.0. The van der Waals surface area contributed by atoms with Crippen molar-refractivity contribution >= 4 is 21.9 Å². The third-order valence-electron chi connectivity index (χ3n) is 5.40. The van der Waals surface area contributed by atoms with Gasteiger partial charge < -0.3 is 39.1 Å². The highest BCUT2D eigenvalue weighted by Gasteiger charge is 2.35. The summed E-state index contributed by atoms with van der Waals surface area (Å²) in [4.78, 5) is 13.0. The molecule has 5 rings (SSSR count). The third-order valence-corrected chi connectivity index (χ3v) is 5.40. The fraction of sp³-hybridized carbons (Fsp3) is 0.174. The average molecular weight is 438 g/mol. The molecule has 0 unspecified atom stereocenters. The molecular formula is C23H18O9. The molecule has 1 aliphatic heterocycles. The number of hydrogen-bond donors (Lipinski definition) is 4. The molecule has 0 radical (unpaired) electrons. The number of methoxy groups -OCH3 is 1. The first kappa shape index (κ1) is 19.8. The Morgan fingerprint density at radius 1 is 1.00 bits per heavy atom. The average Bonchev–Trinajstić information content (AvgIpc) is 2.78. The second kappa shape index (κ2) is 7.24. The first-order valence-electron chi connectivity index (χ1n) is 9.68. The minimum absolute atomic E-state index is 0.0251. The highest BCUT2D eigenvalue weighted by atomic mass is 16.6. The molecular weight excluding hydrogens is 420 g/mol. The standard InChI is InChI=1S/C23H18O9/c1-29-16-6-10(2-4-13(16)26)21-18(9-24)32-23-15(30-21)5-3-12-20(28)19-14(27)7-11(25)8-17(19)31-22(12)23/h2-8,18,21,24-27H,9H2,1H3/t18-,21+/m0/s1. The summed E-state index contributed by atoms with van der Waals surface area (Å²) in [5.74, 6) is -0.0880. The van der Waals surface area contributed by atoms with Gasteiger partial charge in [0.2, 0.25) is 11.2 Å². The lowest BCUT2D eigenvalue weighted by Crippen LogP contribution is -2.36. The van der Waals surface area contributed by atoms with Crippen LogP contribution in [0.15, 0.2) is 51.7 Å². The second-order valence-electron chi connectivity index (χ2n) is 7.35. The number of fused-ring (bicyclic) bond motifs is 4. The normalized spacial score (nSPS) is 17.6. The van der Waals surface area contributed by atoms with Crippen LogP contribution in [-0.2, 0) is 0 Å². The molecule has 0 fully saturated rings. The van der Waals surface area contributed by atoms with E-state index in [0.717, 1.165) is 6.07 Å². The highest BCUT2D eigenvalue weighted by Crippen LogP contribution is 2.45. The Balaban J connectivity index is 1.68. The number of aliphatic hydroxyl groups is 1. The van der Waals surface area contributed by atoms with Crippen LogP contribution in [0.3, 0.4) is 0 Å². The van der Waals surface area contributed by atoms with E-state index in [1.54, 1.807) is 12.1 Å². The third kappa shape index (κ3) is 2.94. The summed E-state index contributed by atoms with van der Waals surface area (Å²) >= 11 is 0. The zero-order chi connectivity index (χ0) is 22.6. The Bertz CT molecular complexity index is 1420. The molecule has 0 bridgehead atoms. The molecule has 2 heterocycles. The van der Waals surface area contributed by atoms with Gasteiger partial charge in [-0.05, 0) is 24.3 Å². The van der Waals surface area contributed by atoms with Gasteiger partial charge in [0.1, 0.15) is 22.5 Å². The van der Waals surface area contributed by atoms with Crippen LogP contribution >= 0.6 is 0 Å². The summed E-state index contributed by atoms with van der Waals surface area (Å²) in [5, 5.41) is 39.8. The summed E-state index contributed by atoms with van der Waals surface area (Å²) in [6, 6.07) is 9.96. The number of aromatic hydroxyl groups is 3. The second-order valence-corrected chi connectivity index (χ2v) is 7.35. The van der Waals surface area contributed by atoms with Gasteiger partial charge in [-0.2, -0.15) is 0 Å². The van der Waals surface area contributed by atoms with E-state index in [1.807, 2.05) is 0 Å². The van der Waals surface area contributed by atoms with E-state index in [4.69, 9.17) is 18.6 Å². The molecule has 32 heavy (non-hydrogen) atoms. The molecule has 1 aromatic heterocycles. The molecule has 9 heteroatoms. The van der Waals surface area contributed by atoms with Crippen LogP contribution in [0.2, 0.25) is 0 Å². The molecule has 3 aromatic carbocycles. The molecule has 4 aromatic rings. The summed E-state index contributed by atoms with van der Waals surface area (Å²) < 4.78 is 23.0. The van der Waals surface area contributed by atoms with Gasteiger partial charge in [0.15, 0.2) is 35.0 Å². The fourth-order valence-electron chi connectivity index (χ4n) is 3.88. The monoisotopic (exact) mass is 438 g/mol. The van der Waals surface area contributed by atoms with Crippen molar-refractivity contribution in [3.05, 3.63) is 58.3 Å². The van der Waals surface area contributed by atoms with Gasteiger partial charge in [-0.25, -0.2) is 0 Å². The van der Waals surface area contributed by atoms with Gasteiger partial charge in [0.05, 0.1) is 19.1 Å². The van der Waals surface area contributed by atoms with E-state index in [2.05, 4.69) is 0 Å². The van der Waals surface area contributed by atoms with Crippen LogP contribution in [-0.4, -0.2) is 40.2 Å². The van der Waals surface area contributed by atoms with Crippen molar-refractivity contribution in [3.8, 4) is 34.5 Å². The van der Waals surface area contributed by atoms with Gasteiger partial charge in [-0.1, -0.05) is 6.07 Å². The predicted molar refractivity (Wildman–Crippen MR) is 113 cm³/mol. The molecule has 164 valence electrons. The molecule has 0 amide bonds. The van der Waals surface area contributed by atoms with Gasteiger partial charge in [-0.15, -0.1) is 0 Å². The molecule has 4 N–H and O–H groups in total. The maximum atomic E-state index is 13.0. The number of phenolic OH excluding ortho intramolecular Hbond substituents is 3. The van der Waals surface area contributed by atoms with E-state index in [1.165, 1.54) is 31.4 Å². The van der Waals surface area contributed by atoms with Gasteiger partial charge in [0, 0.05) is 17.7 Å². The molecule has 1 aliphatic rings. The van der Waals surface area contributed by atoms with E-state index in [-0.39, 0.29) is 50.7 Å². The minimum Gasteiger partial charge on any atom is -0.508 e. The van der Waals surface area contributed by atoms with Crippen LogP contribution in [0.1, 0.15) is 11.7 Å². The maximum absolute atomic E-state index is 13.0. The van der Waals surface area contributed by atoms with Gasteiger partial charge >= 0.3 is 0 Å². The lowest BCUT2D eigenvalue weighted by Gasteiger charge is -2.33. The van der Waals surface area contributed by atoms with Crippen LogP contribution < -0.4 is 19.6 Å². The van der Waals surface area contributed by atoms with Gasteiger partial charge in [-0.3, -0.25) is 4.79 Å². The molecule has 0 aliphatic carbocycles. The maximum Gasteiger partial charge on any atom is 0.205 e. The van der Waals surface area contributed by atoms with Crippen molar-refractivity contribution in [1.29, 1.82) is 0 Å². The van der Waals surface area contributed by atoms with Crippen molar-refractivity contribution in [3.63, 3.8) is 0 Å². The van der Waals surface area contributed by atoms with E-state index in [9.17, 15) is 25.2 Å². The summed E-state index contributed by atoms with van der Waals surface area (Å²) in [5.41, 5.74) is 0.128. The largest absolute Gasteiger partial charge is 0.508 e. The summed E-state index contributed by atoms with van der Waals surface area (Å²) in [7, 11) is 1.42. The van der Waals surface area contributed by atoms with E-state index < -0.39 is 30.0 Å². The Morgan fingerprint density at radius 2 is 1.81 bits per heavy atom. The fourth-order valence-corrected chi connectivity index (χ4v) is 3.88. The number of ether oxygens (including phenoxy) is 3. The Morgan fingerprint density at radius 3 is 2.56 bits per heavy atom. The topological polar surface area (TPSA) is 139 Å². The van der Waals surface area contributed by atoms with Gasteiger partial charge in [0.25, 0.3) is 0 Å². The summed E-state index contributed by atoms with van der Waals surface area (Å²) in [6.07, 6.45) is -1.60. The zero-order valence-corrected chi connectivity index (χ0v) is 16.7. The number of aliphatic hydroxyl groups excluding tert-OH is 1. The Hall–Kier alpha value is -4.11. The Kier molecular flexibility index (Phi) is 4.49. The first-order valence-corrected chi connectivity index (χ1v) is 9.68. The molecule has 0 saturated carbocycles. The van der Waals surface area contributed by atoms with Crippen LogP contribution in [0.25, 0.3) is 21.9 Å². The van der Waals surface area contributed by atoms with E-state index >= 15 is 0 Å². The number of hydrogen-bond acceptors (Lipinski definition) is 9. The number of benzene rings is 3. The lowest BCUT2D eigenvalue weighted by molar-refractivity contribution is -0.0117. The van der Waals surface area contributed by atoms with Crippen LogP contribution in [0, 0.1) is 0 Å². The molecule has 9 nitrogen and oxygen atoms in total. The predicted octanol–water partition coefficient (Wildman–Crippen LogP) is 2.95. The van der Waals surface area contributed by atoms with Crippen LogP contribution in [0.5, 0.6) is 34.5 Å². The van der Waals surface area contributed by atoms with Crippen molar-refractivity contribution in [2.24, 2.45) is 0 Å². The minimum atomic E-state index is -0.860. The molecule has 2 atom stereocenters. The quantitative estimate of drug-likeness (QED) is 0.356. The zero-order valence-electron chi connectivity index (χ0n) is 16.7. The smallest absolute Gasteiger partial charge is 0.205 e. The Labute approximate surface area is 180 Å². The van der Waals surface area contributed by atoms with Crippen molar-refractivity contribution in [2.45, 2.75) is 12.2 Å². The van der Waals surface area contributed by atoms with Crippen molar-refractivity contribution < 1.29 is 39.1 Å². The SMILES string of the molecule is COc1cc([C@H]2Oc3ccc4c(=O)c5c(O)cc(O)cc5oc4c3O[C@H]2CO)ccc1O. The molecule has 0 saturated heterocycles. The van der Waals surface area contributed by atoms with Crippen molar-refractivity contribution in [1.82, 2.24) is 0 Å². The highest BCUT2D eigenvalue weighted by molar-refractivity contribution is 5.96. The van der Waals surface area contributed by atoms with Crippen molar-refractivity contribution in [2.75, 3.05) is 13.7 Å². The summed E-state index contributed by atoms with van der Waals surface area (Å²) in [6.45, 7) is -0.414.